The molecule has 0 radical (unpaired) electrons. The van der Waals surface area contributed by atoms with Crippen molar-refractivity contribution in [2.45, 2.75) is 0 Å². The Hall–Kier alpha value is -2.36. The Bertz CT molecular complexity index is 405. The van der Waals surface area contributed by atoms with Crippen molar-refractivity contribution in [3.05, 3.63) is 48.5 Å². The Morgan fingerprint density at radius 1 is 0.750 bits per heavy atom. The van der Waals surface area contributed by atoms with Gasteiger partial charge in [0.2, 0.25) is 0 Å². The Morgan fingerprint density at radius 2 is 1.19 bits per heavy atom. The molecule has 0 amide bonds. The van der Waals surface area contributed by atoms with E-state index in [9.17, 15) is 0 Å². The maximum atomic E-state index is 9.11. The number of aromatic hydroxyl groups is 1. The third kappa shape index (κ3) is 2.57. The lowest BCUT2D eigenvalue weighted by Gasteiger charge is -2.09. The van der Waals surface area contributed by atoms with Gasteiger partial charge in [-0.3, -0.25) is 0 Å². The third-order valence-electron chi connectivity index (χ3n) is 2.13. The molecule has 0 aliphatic rings. The Morgan fingerprint density at radius 3 is 1.69 bits per heavy atom. The smallest absolute Gasteiger partial charge is 0.115 e. The fourth-order valence-corrected chi connectivity index (χ4v) is 1.26. The zero-order valence-corrected chi connectivity index (χ0v) is 8.64. The highest BCUT2D eigenvalue weighted by atomic mass is 16.3. The average Bonchev–Trinajstić information content (AvgIpc) is 2.30. The summed E-state index contributed by atoms with van der Waals surface area (Å²) < 4.78 is 0. The Kier molecular flexibility index (Phi) is 2.82. The van der Waals surface area contributed by atoms with E-state index < -0.39 is 0 Å². The van der Waals surface area contributed by atoms with Gasteiger partial charge in [-0.1, -0.05) is 0 Å². The second-order valence-electron chi connectivity index (χ2n) is 3.42. The lowest BCUT2D eigenvalue weighted by Crippen LogP contribution is -2.08. The fraction of sp³-hybridized carbons (Fsp3) is 0. The van der Waals surface area contributed by atoms with E-state index in [1.54, 1.807) is 24.3 Å². The SMILES string of the molecule is Nc1ccc(NNc2ccc(O)cc2)cc1. The fourth-order valence-electron chi connectivity index (χ4n) is 1.26. The number of benzene rings is 2. The first kappa shape index (κ1) is 10.2. The van der Waals surface area contributed by atoms with Crippen molar-refractivity contribution < 1.29 is 5.11 Å². The number of anilines is 3. The molecule has 0 aliphatic carbocycles. The minimum atomic E-state index is 0.248. The summed E-state index contributed by atoms with van der Waals surface area (Å²) in [5.41, 5.74) is 14.1. The van der Waals surface area contributed by atoms with E-state index in [1.165, 1.54) is 0 Å². The van der Waals surface area contributed by atoms with Crippen molar-refractivity contribution in [2.24, 2.45) is 0 Å². The third-order valence-corrected chi connectivity index (χ3v) is 2.13. The monoisotopic (exact) mass is 215 g/mol. The molecule has 0 aliphatic heterocycles. The van der Waals surface area contributed by atoms with Gasteiger partial charge in [-0.15, -0.1) is 0 Å². The maximum absolute atomic E-state index is 9.11. The molecule has 2 rings (SSSR count). The van der Waals surface area contributed by atoms with Crippen LogP contribution >= 0.6 is 0 Å². The minimum Gasteiger partial charge on any atom is -0.508 e. The zero-order chi connectivity index (χ0) is 11.4. The number of phenolic OH excluding ortho intramolecular Hbond substituents is 1. The van der Waals surface area contributed by atoms with Crippen LogP contribution in [0.5, 0.6) is 5.75 Å². The normalized spacial score (nSPS) is 9.75. The van der Waals surface area contributed by atoms with Crippen molar-refractivity contribution >= 4 is 17.1 Å². The molecule has 0 saturated heterocycles. The first-order valence-corrected chi connectivity index (χ1v) is 4.91. The first-order chi connectivity index (χ1) is 7.74. The summed E-state index contributed by atoms with van der Waals surface area (Å²) in [7, 11) is 0. The lowest BCUT2D eigenvalue weighted by molar-refractivity contribution is 0.475. The highest BCUT2D eigenvalue weighted by Crippen LogP contribution is 2.15. The Labute approximate surface area is 93.7 Å². The molecular formula is C12H13N3O. The molecule has 4 nitrogen and oxygen atoms in total. The average molecular weight is 215 g/mol. The van der Waals surface area contributed by atoms with Gasteiger partial charge in [0.15, 0.2) is 0 Å². The topological polar surface area (TPSA) is 70.3 Å². The van der Waals surface area contributed by atoms with E-state index in [-0.39, 0.29) is 5.75 Å². The first-order valence-electron chi connectivity index (χ1n) is 4.91. The van der Waals surface area contributed by atoms with Crippen molar-refractivity contribution in [1.29, 1.82) is 0 Å². The van der Waals surface area contributed by atoms with Crippen molar-refractivity contribution in [1.82, 2.24) is 0 Å². The summed E-state index contributed by atoms with van der Waals surface area (Å²) in [5.74, 6) is 0.248. The van der Waals surface area contributed by atoms with Crippen molar-refractivity contribution in [2.75, 3.05) is 16.6 Å². The molecule has 0 aromatic heterocycles. The molecule has 0 fully saturated rings. The van der Waals surface area contributed by atoms with Crippen LogP contribution in [0.3, 0.4) is 0 Å². The predicted octanol–water partition coefficient (Wildman–Crippen LogP) is 2.41. The van der Waals surface area contributed by atoms with Gasteiger partial charge in [-0.05, 0) is 48.5 Å². The molecule has 0 atom stereocenters. The number of nitrogens with two attached hydrogens (primary N) is 1. The van der Waals surface area contributed by atoms with Crippen LogP contribution in [0.2, 0.25) is 0 Å². The second kappa shape index (κ2) is 4.44. The molecule has 2 aromatic carbocycles. The standard InChI is InChI=1S/C12H13N3O/c13-9-1-3-10(4-2-9)14-15-11-5-7-12(16)8-6-11/h1-8,14-16H,13H2. The van der Waals surface area contributed by atoms with Gasteiger partial charge in [0, 0.05) is 5.69 Å². The van der Waals surface area contributed by atoms with Crippen LogP contribution in [-0.2, 0) is 0 Å². The molecule has 4 heteroatoms. The Balaban J connectivity index is 1.97. The molecule has 0 heterocycles. The quantitative estimate of drug-likeness (QED) is 0.360. The van der Waals surface area contributed by atoms with Crippen LogP contribution in [0.4, 0.5) is 17.1 Å². The van der Waals surface area contributed by atoms with Crippen LogP contribution in [0.15, 0.2) is 48.5 Å². The highest BCUT2D eigenvalue weighted by Gasteiger charge is 1.93. The molecule has 2 aromatic rings. The molecule has 0 unspecified atom stereocenters. The summed E-state index contributed by atoms with van der Waals surface area (Å²) >= 11 is 0. The lowest BCUT2D eigenvalue weighted by atomic mass is 10.3. The number of rotatable bonds is 3. The molecule has 16 heavy (non-hydrogen) atoms. The molecule has 0 saturated carbocycles. The number of hydrogen-bond acceptors (Lipinski definition) is 4. The molecular weight excluding hydrogens is 202 g/mol. The van der Waals surface area contributed by atoms with Gasteiger partial charge in [0.1, 0.15) is 5.75 Å². The van der Waals surface area contributed by atoms with E-state index in [1.807, 2.05) is 24.3 Å². The van der Waals surface area contributed by atoms with Gasteiger partial charge in [-0.25, -0.2) is 0 Å². The number of hydrazine groups is 1. The van der Waals surface area contributed by atoms with Gasteiger partial charge < -0.3 is 21.7 Å². The van der Waals surface area contributed by atoms with E-state index >= 15 is 0 Å². The zero-order valence-electron chi connectivity index (χ0n) is 8.64. The van der Waals surface area contributed by atoms with Crippen LogP contribution < -0.4 is 16.6 Å². The van der Waals surface area contributed by atoms with Crippen LogP contribution in [0, 0.1) is 0 Å². The highest BCUT2D eigenvalue weighted by molar-refractivity contribution is 5.56. The number of nitrogens with one attached hydrogen (secondary N) is 2. The molecule has 0 bridgehead atoms. The van der Waals surface area contributed by atoms with Crippen LogP contribution in [0.1, 0.15) is 0 Å². The van der Waals surface area contributed by atoms with Gasteiger partial charge >= 0.3 is 0 Å². The number of nitrogen functional groups attached to an aromatic ring is 1. The van der Waals surface area contributed by atoms with Gasteiger partial charge in [-0.2, -0.15) is 0 Å². The van der Waals surface area contributed by atoms with Crippen molar-refractivity contribution in [3.63, 3.8) is 0 Å². The summed E-state index contributed by atoms with van der Waals surface area (Å²) in [5, 5.41) is 9.11. The summed E-state index contributed by atoms with van der Waals surface area (Å²) in [6.07, 6.45) is 0. The second-order valence-corrected chi connectivity index (χ2v) is 3.42. The van der Waals surface area contributed by atoms with Crippen LogP contribution in [-0.4, -0.2) is 5.11 Å². The number of hydrogen-bond donors (Lipinski definition) is 4. The van der Waals surface area contributed by atoms with E-state index in [0.29, 0.717) is 0 Å². The molecule has 0 spiro atoms. The summed E-state index contributed by atoms with van der Waals surface area (Å²) in [6.45, 7) is 0. The summed E-state index contributed by atoms with van der Waals surface area (Å²) in [6, 6.07) is 14.2. The molecule has 82 valence electrons. The van der Waals surface area contributed by atoms with Crippen molar-refractivity contribution in [3.8, 4) is 5.75 Å². The van der Waals surface area contributed by atoms with E-state index in [4.69, 9.17) is 10.8 Å². The predicted molar refractivity (Wildman–Crippen MR) is 66.2 cm³/mol. The summed E-state index contributed by atoms with van der Waals surface area (Å²) in [4.78, 5) is 0. The molecule has 5 N–H and O–H groups in total. The van der Waals surface area contributed by atoms with Gasteiger partial charge in [0.25, 0.3) is 0 Å². The van der Waals surface area contributed by atoms with E-state index in [0.717, 1.165) is 17.1 Å². The largest absolute Gasteiger partial charge is 0.508 e. The van der Waals surface area contributed by atoms with Gasteiger partial charge in [0.05, 0.1) is 11.4 Å². The van der Waals surface area contributed by atoms with Crippen LogP contribution in [0.25, 0.3) is 0 Å². The maximum Gasteiger partial charge on any atom is 0.115 e. The van der Waals surface area contributed by atoms with E-state index in [2.05, 4.69) is 10.9 Å². The minimum absolute atomic E-state index is 0.248. The number of phenols is 1.